The minimum atomic E-state index is -2.01. The molecule has 0 aromatic heterocycles. The summed E-state index contributed by atoms with van der Waals surface area (Å²) < 4.78 is 14.0. The zero-order chi connectivity index (χ0) is 20.4. The molecule has 0 heterocycles. The summed E-state index contributed by atoms with van der Waals surface area (Å²) in [5.41, 5.74) is 3.32. The summed E-state index contributed by atoms with van der Waals surface area (Å²) in [4.78, 5) is 0. The van der Waals surface area contributed by atoms with Crippen molar-refractivity contribution in [2.75, 3.05) is 0 Å². The molecule has 0 bridgehead atoms. The minimum Gasteiger partial charge on any atom is -0.412 e. The predicted octanol–water partition coefficient (Wildman–Crippen LogP) is 7.69. The topological polar surface area (TPSA) is 18.5 Å². The molecule has 0 unspecified atom stereocenters. The van der Waals surface area contributed by atoms with Gasteiger partial charge < -0.3 is 8.85 Å². The van der Waals surface area contributed by atoms with Gasteiger partial charge in [0.2, 0.25) is 0 Å². The highest BCUT2D eigenvalue weighted by molar-refractivity contribution is 6.94. The van der Waals surface area contributed by atoms with Crippen LogP contribution in [0, 0.1) is 0 Å². The molecular formula is C21H48O2Si2. The van der Waals surface area contributed by atoms with E-state index in [4.69, 9.17) is 8.85 Å². The molecule has 0 aliphatic carbocycles. The Hall–Kier alpha value is 0.354. The second-order valence-electron chi connectivity index (χ2n) is 11.1. The molecule has 2 nitrogen and oxygen atoms in total. The zero-order valence-corrected chi connectivity index (χ0v) is 21.8. The Labute approximate surface area is 161 Å². The largest absolute Gasteiger partial charge is 0.412 e. The molecule has 0 aliphatic heterocycles. The van der Waals surface area contributed by atoms with Gasteiger partial charge in [0.05, 0.1) is 0 Å². The molecule has 0 aromatic rings. The number of hydrogen-bond donors (Lipinski definition) is 0. The fourth-order valence-electron chi connectivity index (χ4n) is 4.27. The highest BCUT2D eigenvalue weighted by atomic mass is 28.4. The van der Waals surface area contributed by atoms with Gasteiger partial charge in [-0.15, -0.1) is 0 Å². The van der Waals surface area contributed by atoms with Crippen LogP contribution in [-0.4, -0.2) is 27.8 Å². The Morgan fingerprint density at radius 2 is 0.720 bits per heavy atom. The molecule has 152 valence electrons. The van der Waals surface area contributed by atoms with Crippen LogP contribution >= 0.6 is 0 Å². The van der Waals surface area contributed by atoms with Crippen LogP contribution in [0.4, 0.5) is 0 Å². The Bertz CT molecular complexity index is 347. The van der Waals surface area contributed by atoms with Gasteiger partial charge in [-0.2, -0.15) is 0 Å². The first kappa shape index (κ1) is 25.4. The van der Waals surface area contributed by atoms with Gasteiger partial charge >= 0.3 is 0 Å². The van der Waals surface area contributed by atoms with Crippen LogP contribution in [0.2, 0.25) is 27.8 Å². The lowest BCUT2D eigenvalue weighted by Crippen LogP contribution is -2.61. The maximum atomic E-state index is 7.01. The molecule has 0 saturated carbocycles. The van der Waals surface area contributed by atoms with Gasteiger partial charge in [-0.25, -0.2) is 0 Å². The van der Waals surface area contributed by atoms with E-state index in [-0.39, 0.29) is 11.2 Å². The Kier molecular flexibility index (Phi) is 8.70. The summed E-state index contributed by atoms with van der Waals surface area (Å²) in [5.74, 6) is 0. The molecule has 0 amide bonds. The van der Waals surface area contributed by atoms with Gasteiger partial charge in [0.25, 0.3) is 0 Å². The molecule has 0 atom stereocenters. The summed E-state index contributed by atoms with van der Waals surface area (Å²) in [6, 6.07) is 0. The van der Waals surface area contributed by atoms with E-state index in [0.717, 1.165) is 0 Å². The highest BCUT2D eigenvalue weighted by Gasteiger charge is 2.56. The summed E-state index contributed by atoms with van der Waals surface area (Å²) in [7, 11) is -4.02. The van der Waals surface area contributed by atoms with Crippen molar-refractivity contribution < 1.29 is 8.85 Å². The van der Waals surface area contributed by atoms with E-state index < -0.39 is 16.6 Å². The average molecular weight is 389 g/mol. The van der Waals surface area contributed by atoms with Crippen LogP contribution in [-0.2, 0) is 8.85 Å². The molecule has 25 heavy (non-hydrogen) atoms. The summed E-state index contributed by atoms with van der Waals surface area (Å²) in [5, 5.41) is 0. The lowest BCUT2D eigenvalue weighted by molar-refractivity contribution is 0.0994. The van der Waals surface area contributed by atoms with Crippen molar-refractivity contribution in [3.05, 3.63) is 0 Å². The first-order valence-electron chi connectivity index (χ1n) is 10.3. The van der Waals surface area contributed by atoms with Crippen molar-refractivity contribution in [1.82, 2.24) is 0 Å². The van der Waals surface area contributed by atoms with E-state index in [0.29, 0.717) is 22.2 Å². The fraction of sp³-hybridized carbons (Fsp3) is 1.00. The van der Waals surface area contributed by atoms with Crippen molar-refractivity contribution in [2.45, 2.75) is 136 Å². The molecule has 0 radical (unpaired) electrons. The molecule has 0 saturated heterocycles. The van der Waals surface area contributed by atoms with E-state index >= 15 is 0 Å². The van der Waals surface area contributed by atoms with Crippen molar-refractivity contribution in [1.29, 1.82) is 0 Å². The van der Waals surface area contributed by atoms with Gasteiger partial charge in [0.1, 0.15) is 0 Å². The third kappa shape index (κ3) is 6.78. The number of rotatable bonds is 8. The lowest BCUT2D eigenvalue weighted by atomic mass is 10.2. The van der Waals surface area contributed by atoms with Gasteiger partial charge in [-0.1, -0.05) is 55.4 Å². The van der Waals surface area contributed by atoms with Gasteiger partial charge in [-0.3, -0.25) is 0 Å². The first-order valence-corrected chi connectivity index (χ1v) is 14.8. The molecule has 4 heteroatoms. The molecule has 0 fully saturated rings. The Morgan fingerprint density at radius 1 is 0.520 bits per heavy atom. The maximum absolute atomic E-state index is 7.01. The standard InChI is InChI=1S/C21H48O2Si2/c1-16(2)24(17(3)4,22-20(9,10)11)15-25(18(5)6,19(7)8)23-21(12,13)14/h16-19H,15H2,1-14H3. The normalized spacial score (nSPS) is 15.1. The van der Waals surface area contributed by atoms with Crippen LogP contribution in [0.25, 0.3) is 0 Å². The third-order valence-corrected chi connectivity index (χ3v) is 19.7. The zero-order valence-electron chi connectivity index (χ0n) is 19.8. The minimum absolute atomic E-state index is 0.101. The Balaban J connectivity index is 6.31. The fourth-order valence-corrected chi connectivity index (χ4v) is 20.7. The molecular weight excluding hydrogens is 340 g/mol. The van der Waals surface area contributed by atoms with E-state index in [2.05, 4.69) is 96.9 Å². The Morgan fingerprint density at radius 3 is 0.840 bits per heavy atom. The van der Waals surface area contributed by atoms with Crippen LogP contribution in [0.5, 0.6) is 0 Å². The molecule has 0 rings (SSSR count). The SMILES string of the molecule is CC(C)[Si](C[Si](OC(C)(C)C)(C(C)C)C(C)C)(OC(C)(C)C)C(C)C. The maximum Gasteiger partial charge on any atom is 0.198 e. The highest BCUT2D eigenvalue weighted by Crippen LogP contribution is 2.49. The van der Waals surface area contributed by atoms with E-state index in [1.165, 1.54) is 5.67 Å². The predicted molar refractivity (Wildman–Crippen MR) is 118 cm³/mol. The van der Waals surface area contributed by atoms with Crippen molar-refractivity contribution in [2.24, 2.45) is 0 Å². The summed E-state index contributed by atoms with van der Waals surface area (Å²) in [6.45, 7) is 32.4. The van der Waals surface area contributed by atoms with Crippen LogP contribution in [0.15, 0.2) is 0 Å². The second-order valence-corrected chi connectivity index (χ2v) is 21.4. The monoisotopic (exact) mass is 388 g/mol. The molecule has 0 spiro atoms. The van der Waals surface area contributed by atoms with Crippen LogP contribution < -0.4 is 0 Å². The smallest absolute Gasteiger partial charge is 0.198 e. The summed E-state index contributed by atoms with van der Waals surface area (Å²) >= 11 is 0. The second kappa shape index (κ2) is 8.58. The van der Waals surface area contributed by atoms with Gasteiger partial charge in [0.15, 0.2) is 16.6 Å². The average Bonchev–Trinajstić information content (AvgIpc) is 2.32. The van der Waals surface area contributed by atoms with Crippen molar-refractivity contribution in [3.63, 3.8) is 0 Å². The van der Waals surface area contributed by atoms with Crippen LogP contribution in [0.1, 0.15) is 96.9 Å². The van der Waals surface area contributed by atoms with Gasteiger partial charge in [-0.05, 0) is 69.4 Å². The first-order chi connectivity index (χ1) is 10.9. The quantitative estimate of drug-likeness (QED) is 0.397. The lowest BCUT2D eigenvalue weighted by Gasteiger charge is -2.52. The van der Waals surface area contributed by atoms with Crippen LogP contribution in [0.3, 0.4) is 0 Å². The number of hydrogen-bond acceptors (Lipinski definition) is 2. The molecule has 0 aromatic carbocycles. The van der Waals surface area contributed by atoms with E-state index in [1.54, 1.807) is 0 Å². The third-order valence-electron chi connectivity index (χ3n) is 5.45. The van der Waals surface area contributed by atoms with E-state index in [9.17, 15) is 0 Å². The van der Waals surface area contributed by atoms with Gasteiger partial charge in [0, 0.05) is 11.2 Å². The summed E-state index contributed by atoms with van der Waals surface area (Å²) in [6.07, 6.45) is 0. The van der Waals surface area contributed by atoms with Crippen molar-refractivity contribution >= 4 is 16.6 Å². The molecule has 0 aliphatic rings. The van der Waals surface area contributed by atoms with E-state index in [1.807, 2.05) is 0 Å². The molecule has 0 N–H and O–H groups in total. The van der Waals surface area contributed by atoms with Crippen molar-refractivity contribution in [3.8, 4) is 0 Å².